The van der Waals surface area contributed by atoms with E-state index >= 15 is 0 Å². The van der Waals surface area contributed by atoms with Gasteiger partial charge < -0.3 is 10.8 Å². The SMILES string of the molecule is C[C@@H](N)[C@@H](O)c1ccc(C(C)(C)C)cc1. The van der Waals surface area contributed by atoms with Crippen LogP contribution in [0.1, 0.15) is 44.9 Å². The van der Waals surface area contributed by atoms with Crippen molar-refractivity contribution in [2.45, 2.75) is 45.3 Å². The van der Waals surface area contributed by atoms with E-state index < -0.39 is 6.10 Å². The Bertz CT molecular complexity index is 308. The van der Waals surface area contributed by atoms with E-state index in [1.54, 1.807) is 0 Å². The quantitative estimate of drug-likeness (QED) is 0.782. The Morgan fingerprint density at radius 3 is 1.93 bits per heavy atom. The molecule has 0 aromatic heterocycles. The number of benzene rings is 1. The summed E-state index contributed by atoms with van der Waals surface area (Å²) in [6, 6.07) is 7.79. The summed E-state index contributed by atoms with van der Waals surface area (Å²) in [5.74, 6) is 0. The molecule has 1 aromatic carbocycles. The number of rotatable bonds is 2. The monoisotopic (exact) mass is 207 g/mol. The molecule has 0 aliphatic carbocycles. The van der Waals surface area contributed by atoms with Crippen molar-refractivity contribution in [3.05, 3.63) is 35.4 Å². The lowest BCUT2D eigenvalue weighted by Gasteiger charge is -2.21. The van der Waals surface area contributed by atoms with E-state index in [0.717, 1.165) is 5.56 Å². The number of hydrogen-bond donors (Lipinski definition) is 2. The molecule has 0 fully saturated rings. The molecule has 0 spiro atoms. The van der Waals surface area contributed by atoms with Crippen LogP contribution in [0.15, 0.2) is 24.3 Å². The Balaban J connectivity index is 2.91. The third-order valence-corrected chi connectivity index (χ3v) is 2.62. The molecule has 0 heterocycles. The van der Waals surface area contributed by atoms with E-state index in [9.17, 15) is 5.11 Å². The van der Waals surface area contributed by atoms with Crippen LogP contribution in [0.3, 0.4) is 0 Å². The summed E-state index contributed by atoms with van der Waals surface area (Å²) in [5, 5.41) is 9.77. The van der Waals surface area contributed by atoms with E-state index in [4.69, 9.17) is 5.73 Å². The Morgan fingerprint density at radius 2 is 1.60 bits per heavy atom. The highest BCUT2D eigenvalue weighted by atomic mass is 16.3. The summed E-state index contributed by atoms with van der Waals surface area (Å²) in [7, 11) is 0. The topological polar surface area (TPSA) is 46.2 Å². The first-order chi connectivity index (χ1) is 6.82. The van der Waals surface area contributed by atoms with Crippen LogP contribution < -0.4 is 5.73 Å². The number of hydrogen-bond acceptors (Lipinski definition) is 2. The van der Waals surface area contributed by atoms with Gasteiger partial charge in [-0.05, 0) is 23.5 Å². The lowest BCUT2D eigenvalue weighted by molar-refractivity contribution is 0.153. The zero-order valence-corrected chi connectivity index (χ0v) is 9.99. The van der Waals surface area contributed by atoms with E-state index in [2.05, 4.69) is 32.9 Å². The highest BCUT2D eigenvalue weighted by Gasteiger charge is 2.15. The molecule has 0 saturated carbocycles. The fourth-order valence-electron chi connectivity index (χ4n) is 1.48. The van der Waals surface area contributed by atoms with Crippen LogP contribution in [-0.2, 0) is 5.41 Å². The zero-order valence-electron chi connectivity index (χ0n) is 9.99. The van der Waals surface area contributed by atoms with Gasteiger partial charge in [-0.25, -0.2) is 0 Å². The summed E-state index contributed by atoms with van der Waals surface area (Å²) in [6.45, 7) is 8.32. The number of aliphatic hydroxyl groups is 1. The van der Waals surface area contributed by atoms with E-state index in [0.29, 0.717) is 0 Å². The Kier molecular flexibility index (Phi) is 3.53. The highest BCUT2D eigenvalue weighted by Crippen LogP contribution is 2.24. The van der Waals surface area contributed by atoms with Gasteiger partial charge in [-0.1, -0.05) is 45.0 Å². The van der Waals surface area contributed by atoms with Gasteiger partial charge in [-0.15, -0.1) is 0 Å². The molecule has 0 saturated heterocycles. The van der Waals surface area contributed by atoms with Crippen molar-refractivity contribution in [1.29, 1.82) is 0 Å². The van der Waals surface area contributed by atoms with Crippen molar-refractivity contribution in [2.24, 2.45) is 5.73 Å². The summed E-state index contributed by atoms with van der Waals surface area (Å²) in [5.41, 5.74) is 7.95. The maximum absolute atomic E-state index is 9.77. The average molecular weight is 207 g/mol. The minimum absolute atomic E-state index is 0.151. The van der Waals surface area contributed by atoms with Gasteiger partial charge in [-0.3, -0.25) is 0 Å². The number of aliphatic hydroxyl groups excluding tert-OH is 1. The summed E-state index contributed by atoms with van der Waals surface area (Å²) in [6.07, 6.45) is -0.570. The predicted octanol–water partition coefficient (Wildman–Crippen LogP) is 2.36. The second-order valence-corrected chi connectivity index (χ2v) is 5.18. The van der Waals surface area contributed by atoms with Gasteiger partial charge in [0.2, 0.25) is 0 Å². The van der Waals surface area contributed by atoms with Crippen LogP contribution in [0.25, 0.3) is 0 Å². The second kappa shape index (κ2) is 4.33. The summed E-state index contributed by atoms with van der Waals surface area (Å²) < 4.78 is 0. The largest absolute Gasteiger partial charge is 0.387 e. The van der Waals surface area contributed by atoms with Crippen LogP contribution in [0.5, 0.6) is 0 Å². The Hall–Kier alpha value is -0.860. The fourth-order valence-corrected chi connectivity index (χ4v) is 1.48. The molecule has 0 aliphatic rings. The van der Waals surface area contributed by atoms with Crippen LogP contribution in [0, 0.1) is 0 Å². The molecular weight excluding hydrogens is 186 g/mol. The molecule has 2 atom stereocenters. The molecular formula is C13H21NO. The van der Waals surface area contributed by atoms with Crippen molar-refractivity contribution >= 4 is 0 Å². The smallest absolute Gasteiger partial charge is 0.0938 e. The lowest BCUT2D eigenvalue weighted by Crippen LogP contribution is -2.24. The van der Waals surface area contributed by atoms with Crippen molar-refractivity contribution < 1.29 is 5.11 Å². The molecule has 0 bridgehead atoms. The molecule has 15 heavy (non-hydrogen) atoms. The molecule has 0 radical (unpaired) electrons. The Morgan fingerprint density at radius 1 is 1.13 bits per heavy atom. The lowest BCUT2D eigenvalue weighted by atomic mass is 9.86. The fraction of sp³-hybridized carbons (Fsp3) is 0.538. The third kappa shape index (κ3) is 3.05. The normalized spacial score (nSPS) is 16.1. The van der Waals surface area contributed by atoms with Gasteiger partial charge in [-0.2, -0.15) is 0 Å². The van der Waals surface area contributed by atoms with Crippen LogP contribution in [-0.4, -0.2) is 11.1 Å². The van der Waals surface area contributed by atoms with Gasteiger partial charge in [0.25, 0.3) is 0 Å². The number of nitrogens with two attached hydrogens (primary N) is 1. The molecule has 1 aromatic rings. The molecule has 0 aliphatic heterocycles. The molecule has 0 amide bonds. The first kappa shape index (κ1) is 12.2. The highest BCUT2D eigenvalue weighted by molar-refractivity contribution is 5.29. The molecule has 2 nitrogen and oxygen atoms in total. The van der Waals surface area contributed by atoms with Crippen molar-refractivity contribution in [3.8, 4) is 0 Å². The van der Waals surface area contributed by atoms with Gasteiger partial charge in [0.05, 0.1) is 6.10 Å². The molecule has 84 valence electrons. The minimum Gasteiger partial charge on any atom is -0.387 e. The van der Waals surface area contributed by atoms with Crippen molar-refractivity contribution in [1.82, 2.24) is 0 Å². The molecule has 3 N–H and O–H groups in total. The molecule has 1 rings (SSSR count). The van der Waals surface area contributed by atoms with Crippen LogP contribution in [0.4, 0.5) is 0 Å². The van der Waals surface area contributed by atoms with E-state index in [1.807, 2.05) is 19.1 Å². The van der Waals surface area contributed by atoms with Gasteiger partial charge in [0, 0.05) is 6.04 Å². The maximum atomic E-state index is 9.77. The predicted molar refractivity (Wildman–Crippen MR) is 63.8 cm³/mol. The van der Waals surface area contributed by atoms with Crippen LogP contribution in [0.2, 0.25) is 0 Å². The molecule has 0 unspecified atom stereocenters. The third-order valence-electron chi connectivity index (χ3n) is 2.62. The van der Waals surface area contributed by atoms with Gasteiger partial charge >= 0.3 is 0 Å². The van der Waals surface area contributed by atoms with Gasteiger partial charge in [0.15, 0.2) is 0 Å². The first-order valence-corrected chi connectivity index (χ1v) is 5.36. The van der Waals surface area contributed by atoms with E-state index in [-0.39, 0.29) is 11.5 Å². The van der Waals surface area contributed by atoms with Crippen molar-refractivity contribution in [2.75, 3.05) is 0 Å². The second-order valence-electron chi connectivity index (χ2n) is 5.18. The zero-order chi connectivity index (χ0) is 11.6. The molecule has 2 heteroatoms. The van der Waals surface area contributed by atoms with E-state index in [1.165, 1.54) is 5.56 Å². The summed E-state index contributed by atoms with van der Waals surface area (Å²) in [4.78, 5) is 0. The Labute approximate surface area is 92.1 Å². The van der Waals surface area contributed by atoms with Gasteiger partial charge in [0.1, 0.15) is 0 Å². The minimum atomic E-state index is -0.570. The van der Waals surface area contributed by atoms with Crippen molar-refractivity contribution in [3.63, 3.8) is 0 Å². The summed E-state index contributed by atoms with van der Waals surface area (Å²) >= 11 is 0. The maximum Gasteiger partial charge on any atom is 0.0938 e. The van der Waals surface area contributed by atoms with Crippen LogP contribution >= 0.6 is 0 Å². The first-order valence-electron chi connectivity index (χ1n) is 5.36. The standard InChI is InChI=1S/C13H21NO/c1-9(14)12(15)10-5-7-11(8-6-10)13(2,3)4/h5-9,12,15H,14H2,1-4H3/t9-,12-/m1/s1. The average Bonchev–Trinajstić information content (AvgIpc) is 2.15.